The third kappa shape index (κ3) is 2.11. The molecule has 1 aromatic heterocycles. The minimum atomic E-state index is 0.593. The molecule has 1 heterocycles. The zero-order chi connectivity index (χ0) is 10.7. The largest absolute Gasteiger partial charge is 0.380 e. The Bertz CT molecular complexity index is 501. The average molecular weight is 222 g/mol. The lowest BCUT2D eigenvalue weighted by Crippen LogP contribution is -2.16. The van der Waals surface area contributed by atoms with Crippen LogP contribution in [-0.2, 0) is 11.3 Å². The van der Waals surface area contributed by atoms with E-state index in [4.69, 9.17) is 10.1 Å². The molecular formula is C11H14N2OS. The van der Waals surface area contributed by atoms with Gasteiger partial charge in [-0.15, -0.1) is 0 Å². The number of hydrogen-bond acceptors (Lipinski definition) is 3. The summed E-state index contributed by atoms with van der Waals surface area (Å²) in [5, 5.41) is 7.86. The van der Waals surface area contributed by atoms with Gasteiger partial charge in [0, 0.05) is 13.2 Å². The fourth-order valence-electron chi connectivity index (χ4n) is 1.56. The van der Waals surface area contributed by atoms with E-state index in [0.717, 1.165) is 18.7 Å². The van der Waals surface area contributed by atoms with Gasteiger partial charge < -0.3 is 9.30 Å². The third-order valence-electron chi connectivity index (χ3n) is 2.27. The quantitative estimate of drug-likeness (QED) is 0.791. The lowest BCUT2D eigenvalue weighted by molar-refractivity contribution is 0.139. The first-order valence-corrected chi connectivity index (χ1v) is 5.85. The van der Waals surface area contributed by atoms with E-state index in [2.05, 4.69) is 12.1 Å². The minimum Gasteiger partial charge on any atom is -0.380 e. The molecule has 0 amide bonds. The van der Waals surface area contributed by atoms with Crippen LogP contribution in [0, 0.1) is 5.41 Å². The summed E-state index contributed by atoms with van der Waals surface area (Å²) in [5.41, 5.74) is 1.13. The van der Waals surface area contributed by atoms with Crippen LogP contribution in [0.15, 0.2) is 24.3 Å². The Hall–Kier alpha value is -1.13. The van der Waals surface area contributed by atoms with Crippen LogP contribution in [0.2, 0.25) is 0 Å². The molecular weight excluding hydrogens is 208 g/mol. The number of hydrogen-bond donors (Lipinski definition) is 1. The summed E-state index contributed by atoms with van der Waals surface area (Å²) in [5.74, 6) is 0. The van der Waals surface area contributed by atoms with Gasteiger partial charge in [-0.1, -0.05) is 23.5 Å². The van der Waals surface area contributed by atoms with Crippen LogP contribution in [0.4, 0.5) is 0 Å². The molecule has 2 aromatic rings. The summed E-state index contributed by atoms with van der Waals surface area (Å²) in [7, 11) is 0. The zero-order valence-electron chi connectivity index (χ0n) is 8.69. The van der Waals surface area contributed by atoms with Crippen molar-refractivity contribution in [2.45, 2.75) is 13.5 Å². The highest BCUT2D eigenvalue weighted by atomic mass is 32.1. The van der Waals surface area contributed by atoms with Gasteiger partial charge in [-0.05, 0) is 19.1 Å². The molecule has 0 aliphatic carbocycles. The topological polar surface area (TPSA) is 38.0 Å². The molecule has 0 saturated carbocycles. The number of fused-ring (bicyclic) bond motifs is 1. The number of thiazole rings is 1. The lowest BCUT2D eigenvalue weighted by atomic mass is 10.3. The van der Waals surface area contributed by atoms with Crippen molar-refractivity contribution in [1.82, 2.24) is 4.57 Å². The Morgan fingerprint density at radius 2 is 2.20 bits per heavy atom. The highest BCUT2D eigenvalue weighted by molar-refractivity contribution is 7.16. The summed E-state index contributed by atoms with van der Waals surface area (Å²) >= 11 is 1.51. The maximum absolute atomic E-state index is 7.86. The Balaban J connectivity index is 2.33. The number of benzene rings is 1. The second-order valence-corrected chi connectivity index (χ2v) is 4.25. The van der Waals surface area contributed by atoms with Crippen LogP contribution in [0.3, 0.4) is 0 Å². The highest BCUT2D eigenvalue weighted by Crippen LogP contribution is 2.15. The van der Waals surface area contributed by atoms with E-state index in [1.165, 1.54) is 16.0 Å². The van der Waals surface area contributed by atoms with Crippen molar-refractivity contribution in [3.8, 4) is 0 Å². The van der Waals surface area contributed by atoms with Crippen LogP contribution >= 0.6 is 11.3 Å². The van der Waals surface area contributed by atoms with Gasteiger partial charge in [-0.2, -0.15) is 0 Å². The first-order chi connectivity index (χ1) is 7.33. The molecule has 0 aliphatic heterocycles. The highest BCUT2D eigenvalue weighted by Gasteiger charge is 2.03. The van der Waals surface area contributed by atoms with Crippen molar-refractivity contribution >= 4 is 21.6 Å². The Kier molecular flexibility index (Phi) is 3.18. The summed E-state index contributed by atoms with van der Waals surface area (Å²) in [4.78, 5) is 0.593. The molecule has 0 fully saturated rings. The first-order valence-electron chi connectivity index (χ1n) is 5.03. The van der Waals surface area contributed by atoms with E-state index >= 15 is 0 Å². The van der Waals surface area contributed by atoms with Crippen LogP contribution < -0.4 is 4.80 Å². The van der Waals surface area contributed by atoms with Crippen molar-refractivity contribution in [3.05, 3.63) is 29.1 Å². The van der Waals surface area contributed by atoms with Gasteiger partial charge in [-0.3, -0.25) is 5.41 Å². The van der Waals surface area contributed by atoms with Crippen LogP contribution in [0.1, 0.15) is 6.92 Å². The van der Waals surface area contributed by atoms with Crippen molar-refractivity contribution < 1.29 is 4.74 Å². The predicted octanol–water partition coefficient (Wildman–Crippen LogP) is 2.22. The van der Waals surface area contributed by atoms with Gasteiger partial charge >= 0.3 is 0 Å². The SMILES string of the molecule is CCOCCn1c(=N)sc2ccccc21. The second-order valence-electron chi connectivity index (χ2n) is 3.22. The van der Waals surface area contributed by atoms with Crippen LogP contribution in [0.25, 0.3) is 10.2 Å². The molecule has 0 atom stereocenters. The van der Waals surface area contributed by atoms with E-state index in [9.17, 15) is 0 Å². The minimum absolute atomic E-state index is 0.593. The molecule has 0 saturated heterocycles. The molecule has 1 aromatic carbocycles. The molecule has 0 aliphatic rings. The zero-order valence-corrected chi connectivity index (χ0v) is 9.51. The van der Waals surface area contributed by atoms with Crippen molar-refractivity contribution in [3.63, 3.8) is 0 Å². The predicted molar refractivity (Wildman–Crippen MR) is 62.2 cm³/mol. The van der Waals surface area contributed by atoms with Crippen molar-refractivity contribution in [1.29, 1.82) is 5.41 Å². The van der Waals surface area contributed by atoms with Gasteiger partial charge in [0.05, 0.1) is 16.8 Å². The van der Waals surface area contributed by atoms with E-state index < -0.39 is 0 Å². The Morgan fingerprint density at radius 1 is 1.40 bits per heavy atom. The summed E-state index contributed by atoms with van der Waals surface area (Å²) in [6.45, 7) is 4.15. The second kappa shape index (κ2) is 4.59. The molecule has 80 valence electrons. The maximum Gasteiger partial charge on any atom is 0.182 e. The summed E-state index contributed by atoms with van der Waals surface area (Å²) < 4.78 is 8.47. The number of rotatable bonds is 4. The van der Waals surface area contributed by atoms with Gasteiger partial charge in [0.1, 0.15) is 0 Å². The molecule has 0 radical (unpaired) electrons. The van der Waals surface area contributed by atoms with Crippen molar-refractivity contribution in [2.75, 3.05) is 13.2 Å². The Morgan fingerprint density at radius 3 is 3.00 bits per heavy atom. The average Bonchev–Trinajstić information content (AvgIpc) is 2.56. The molecule has 2 rings (SSSR count). The fraction of sp³-hybridized carbons (Fsp3) is 0.364. The molecule has 0 unspecified atom stereocenters. The number of para-hydroxylation sites is 1. The summed E-state index contributed by atoms with van der Waals surface area (Å²) in [6.07, 6.45) is 0. The molecule has 4 heteroatoms. The molecule has 15 heavy (non-hydrogen) atoms. The van der Waals surface area contributed by atoms with Gasteiger partial charge in [0.15, 0.2) is 4.80 Å². The normalized spacial score (nSPS) is 11.0. The smallest absolute Gasteiger partial charge is 0.182 e. The number of aromatic nitrogens is 1. The molecule has 1 N–H and O–H groups in total. The van der Waals surface area contributed by atoms with Crippen molar-refractivity contribution in [2.24, 2.45) is 0 Å². The fourth-order valence-corrected chi connectivity index (χ4v) is 2.49. The van der Waals surface area contributed by atoms with Gasteiger partial charge in [0.25, 0.3) is 0 Å². The number of nitrogens with one attached hydrogen (secondary N) is 1. The van der Waals surface area contributed by atoms with Gasteiger partial charge in [0.2, 0.25) is 0 Å². The molecule has 0 bridgehead atoms. The molecule has 0 spiro atoms. The lowest BCUT2D eigenvalue weighted by Gasteiger charge is -2.04. The standard InChI is InChI=1S/C11H14N2OS/c1-2-14-8-7-13-9-5-3-4-6-10(9)15-11(13)12/h3-6,12H,2,7-8H2,1H3. The first kappa shape index (κ1) is 10.4. The van der Waals surface area contributed by atoms with E-state index in [-0.39, 0.29) is 0 Å². The van der Waals surface area contributed by atoms with Gasteiger partial charge in [-0.25, -0.2) is 0 Å². The number of ether oxygens (including phenoxy) is 1. The molecule has 3 nitrogen and oxygen atoms in total. The monoisotopic (exact) mass is 222 g/mol. The third-order valence-corrected chi connectivity index (χ3v) is 3.25. The number of nitrogens with zero attached hydrogens (tertiary/aromatic N) is 1. The van der Waals surface area contributed by atoms with E-state index in [0.29, 0.717) is 11.4 Å². The van der Waals surface area contributed by atoms with Crippen LogP contribution in [-0.4, -0.2) is 17.8 Å². The summed E-state index contributed by atoms with van der Waals surface area (Å²) in [6, 6.07) is 8.11. The Labute approximate surface area is 92.4 Å². The van der Waals surface area contributed by atoms with E-state index in [1.54, 1.807) is 0 Å². The van der Waals surface area contributed by atoms with E-state index in [1.807, 2.05) is 23.6 Å². The van der Waals surface area contributed by atoms with Crippen LogP contribution in [0.5, 0.6) is 0 Å². The maximum atomic E-state index is 7.86.